The Bertz CT molecular complexity index is 323. The number of nitrogens with zero attached hydrogens (tertiary/aromatic N) is 1. The number of hydrogen-bond acceptors (Lipinski definition) is 2. The number of likely N-dealkylation sites (N-methyl/N-ethyl adjacent to an activating group) is 1. The van der Waals surface area contributed by atoms with Crippen LogP contribution in [0.3, 0.4) is 0 Å². The fraction of sp³-hybridized carbons (Fsp3) is 1.00. The molecule has 2 aliphatic rings. The topological polar surface area (TPSA) is 29.3 Å². The predicted molar refractivity (Wildman–Crippen MR) is 92.4 cm³/mol. The first-order valence-corrected chi connectivity index (χ1v) is 9.09. The Morgan fingerprint density at radius 1 is 0.905 bits per heavy atom. The minimum absolute atomic E-state index is 0.211. The van der Waals surface area contributed by atoms with E-state index in [0.29, 0.717) is 10.8 Å². The van der Waals surface area contributed by atoms with E-state index in [9.17, 15) is 0 Å². The Labute approximate surface area is 132 Å². The largest absolute Gasteiger partial charge is 0.329 e. The van der Waals surface area contributed by atoms with Crippen LogP contribution >= 0.6 is 0 Å². The van der Waals surface area contributed by atoms with Crippen molar-refractivity contribution in [3.8, 4) is 0 Å². The Kier molecular flexibility index (Phi) is 5.10. The molecule has 124 valence electrons. The summed E-state index contributed by atoms with van der Waals surface area (Å²) in [5.41, 5.74) is 7.37. The van der Waals surface area contributed by atoms with Crippen molar-refractivity contribution in [3.63, 3.8) is 0 Å². The molecule has 0 unspecified atom stereocenters. The monoisotopic (exact) mass is 294 g/mol. The van der Waals surface area contributed by atoms with E-state index in [0.717, 1.165) is 12.5 Å². The lowest BCUT2D eigenvalue weighted by molar-refractivity contribution is -0.0392. The van der Waals surface area contributed by atoms with Gasteiger partial charge in [0.1, 0.15) is 0 Å². The first-order valence-electron chi connectivity index (χ1n) is 9.09. The fourth-order valence-corrected chi connectivity index (χ4v) is 5.79. The summed E-state index contributed by atoms with van der Waals surface area (Å²) in [6.45, 7) is 11.8. The standard InChI is InChI=1S/C19H38N2/c1-17(2)12-18(3,4)14-19(13-17,15-20)21(5)11-16-9-7-6-8-10-16/h16H,6-15,20H2,1-5H3. The maximum Gasteiger partial charge on any atom is 0.0338 e. The van der Waals surface area contributed by atoms with Gasteiger partial charge in [0.05, 0.1) is 0 Å². The van der Waals surface area contributed by atoms with Gasteiger partial charge in [-0.1, -0.05) is 47.0 Å². The molecule has 0 radical (unpaired) electrons. The van der Waals surface area contributed by atoms with Gasteiger partial charge in [0.2, 0.25) is 0 Å². The second-order valence-corrected chi connectivity index (χ2v) is 9.67. The van der Waals surface area contributed by atoms with Crippen LogP contribution in [0.15, 0.2) is 0 Å². The maximum atomic E-state index is 6.34. The van der Waals surface area contributed by atoms with E-state index in [4.69, 9.17) is 5.73 Å². The highest BCUT2D eigenvalue weighted by Crippen LogP contribution is 2.51. The fourth-order valence-electron chi connectivity index (χ4n) is 5.79. The van der Waals surface area contributed by atoms with E-state index in [1.165, 1.54) is 57.9 Å². The summed E-state index contributed by atoms with van der Waals surface area (Å²) in [5, 5.41) is 0. The Hall–Kier alpha value is -0.0800. The minimum atomic E-state index is 0.211. The zero-order chi connectivity index (χ0) is 15.7. The van der Waals surface area contributed by atoms with E-state index in [1.54, 1.807) is 0 Å². The highest BCUT2D eigenvalue weighted by molar-refractivity contribution is 5.04. The molecule has 2 saturated carbocycles. The summed E-state index contributed by atoms with van der Waals surface area (Å²) >= 11 is 0. The maximum absolute atomic E-state index is 6.34. The van der Waals surface area contributed by atoms with Gasteiger partial charge in [-0.3, -0.25) is 4.90 Å². The summed E-state index contributed by atoms with van der Waals surface area (Å²) < 4.78 is 0. The van der Waals surface area contributed by atoms with E-state index in [1.807, 2.05) is 0 Å². The van der Waals surface area contributed by atoms with Crippen molar-refractivity contribution < 1.29 is 0 Å². The average molecular weight is 295 g/mol. The van der Waals surface area contributed by atoms with Crippen molar-refractivity contribution in [1.29, 1.82) is 0 Å². The highest BCUT2D eigenvalue weighted by Gasteiger charge is 2.48. The van der Waals surface area contributed by atoms with Gasteiger partial charge in [-0.25, -0.2) is 0 Å². The summed E-state index contributed by atoms with van der Waals surface area (Å²) in [4.78, 5) is 2.66. The summed E-state index contributed by atoms with van der Waals surface area (Å²) in [6, 6.07) is 0. The second kappa shape index (κ2) is 6.20. The third-order valence-electron chi connectivity index (χ3n) is 6.02. The second-order valence-electron chi connectivity index (χ2n) is 9.67. The first kappa shape index (κ1) is 17.3. The number of nitrogens with two attached hydrogens (primary N) is 1. The van der Waals surface area contributed by atoms with Crippen LogP contribution < -0.4 is 5.73 Å². The van der Waals surface area contributed by atoms with E-state index >= 15 is 0 Å². The molecule has 0 aromatic rings. The van der Waals surface area contributed by atoms with Crippen molar-refractivity contribution >= 4 is 0 Å². The van der Waals surface area contributed by atoms with Crippen LogP contribution in [-0.2, 0) is 0 Å². The van der Waals surface area contributed by atoms with Crippen molar-refractivity contribution in [1.82, 2.24) is 4.90 Å². The smallest absolute Gasteiger partial charge is 0.0338 e. The van der Waals surface area contributed by atoms with Gasteiger partial charge in [0.25, 0.3) is 0 Å². The predicted octanol–water partition coefficient (Wildman–Crippen LogP) is 4.43. The molecule has 0 atom stereocenters. The van der Waals surface area contributed by atoms with Gasteiger partial charge >= 0.3 is 0 Å². The lowest BCUT2D eigenvalue weighted by atomic mass is 9.58. The number of hydrogen-bond donors (Lipinski definition) is 1. The Balaban J connectivity index is 2.11. The van der Waals surface area contributed by atoms with Crippen molar-refractivity contribution in [2.45, 2.75) is 84.6 Å². The molecule has 0 spiro atoms. The Morgan fingerprint density at radius 2 is 1.43 bits per heavy atom. The van der Waals surface area contributed by atoms with Gasteiger partial charge in [0, 0.05) is 18.6 Å². The first-order chi connectivity index (χ1) is 9.68. The minimum Gasteiger partial charge on any atom is -0.329 e. The molecule has 21 heavy (non-hydrogen) atoms. The third-order valence-corrected chi connectivity index (χ3v) is 6.02. The summed E-state index contributed by atoms with van der Waals surface area (Å²) in [6.07, 6.45) is 11.0. The zero-order valence-corrected chi connectivity index (χ0v) is 15.2. The van der Waals surface area contributed by atoms with Crippen molar-refractivity contribution in [3.05, 3.63) is 0 Å². The van der Waals surface area contributed by atoms with E-state index in [-0.39, 0.29) is 5.54 Å². The molecule has 0 aromatic heterocycles. The van der Waals surface area contributed by atoms with Gasteiger partial charge < -0.3 is 5.73 Å². The molecule has 2 heteroatoms. The van der Waals surface area contributed by atoms with Crippen LogP contribution in [0, 0.1) is 16.7 Å². The van der Waals surface area contributed by atoms with Gasteiger partial charge in [-0.15, -0.1) is 0 Å². The molecule has 2 fully saturated rings. The van der Waals surface area contributed by atoms with Crippen LogP contribution in [0.4, 0.5) is 0 Å². The average Bonchev–Trinajstić information content (AvgIpc) is 2.36. The van der Waals surface area contributed by atoms with Crippen LogP contribution in [0.1, 0.15) is 79.1 Å². The summed E-state index contributed by atoms with van der Waals surface area (Å²) in [7, 11) is 2.35. The quantitative estimate of drug-likeness (QED) is 0.831. The van der Waals surface area contributed by atoms with E-state index < -0.39 is 0 Å². The molecule has 0 amide bonds. The molecule has 2 aliphatic carbocycles. The van der Waals surface area contributed by atoms with Crippen LogP contribution in [0.25, 0.3) is 0 Å². The molecule has 2 nitrogen and oxygen atoms in total. The van der Waals surface area contributed by atoms with Crippen molar-refractivity contribution in [2.24, 2.45) is 22.5 Å². The molecule has 2 N–H and O–H groups in total. The molecule has 0 bridgehead atoms. The summed E-state index contributed by atoms with van der Waals surface area (Å²) in [5.74, 6) is 0.903. The molecular formula is C19H38N2. The van der Waals surface area contributed by atoms with Gasteiger partial charge in [0.15, 0.2) is 0 Å². The zero-order valence-electron chi connectivity index (χ0n) is 15.2. The molecule has 2 rings (SSSR count). The van der Waals surface area contributed by atoms with Crippen LogP contribution in [0.5, 0.6) is 0 Å². The molecular weight excluding hydrogens is 256 g/mol. The molecule has 0 heterocycles. The lowest BCUT2D eigenvalue weighted by Crippen LogP contribution is -2.60. The third kappa shape index (κ3) is 4.22. The van der Waals surface area contributed by atoms with Crippen LogP contribution in [-0.4, -0.2) is 30.6 Å². The van der Waals surface area contributed by atoms with Gasteiger partial charge in [-0.05, 0) is 55.9 Å². The van der Waals surface area contributed by atoms with Gasteiger partial charge in [-0.2, -0.15) is 0 Å². The Morgan fingerprint density at radius 3 is 1.90 bits per heavy atom. The number of rotatable bonds is 4. The highest BCUT2D eigenvalue weighted by atomic mass is 15.2. The van der Waals surface area contributed by atoms with Crippen molar-refractivity contribution in [2.75, 3.05) is 20.1 Å². The SMILES string of the molecule is CN(CC1CCCCC1)C1(CN)CC(C)(C)CC(C)(C)C1. The molecule has 0 saturated heterocycles. The van der Waals surface area contributed by atoms with Crippen LogP contribution in [0.2, 0.25) is 0 Å². The lowest BCUT2D eigenvalue weighted by Gasteiger charge is -2.56. The normalized spacial score (nSPS) is 28.7. The van der Waals surface area contributed by atoms with E-state index in [2.05, 4.69) is 39.6 Å². The molecule has 0 aliphatic heterocycles. The molecule has 0 aromatic carbocycles.